The van der Waals surface area contributed by atoms with Gasteiger partial charge in [-0.15, -0.1) is 24.0 Å². The minimum atomic E-state index is 0. The fourth-order valence-electron chi connectivity index (χ4n) is 4.34. The number of piperidine rings is 1. The maximum atomic E-state index is 9.43. The molecule has 1 aliphatic rings. The molecule has 0 spiro atoms. The zero-order valence-electron chi connectivity index (χ0n) is 21.0. The minimum Gasteiger partial charge on any atom is -0.396 e. The number of rotatable bonds is 14. The van der Waals surface area contributed by atoms with Gasteiger partial charge in [-0.05, 0) is 56.4 Å². The van der Waals surface area contributed by atoms with Crippen LogP contribution in [-0.4, -0.2) is 68.0 Å². The second-order valence-corrected chi connectivity index (χ2v) is 8.99. The third kappa shape index (κ3) is 11.4. The monoisotopic (exact) mass is 574 g/mol. The van der Waals surface area contributed by atoms with Crippen LogP contribution >= 0.6 is 24.0 Å². The van der Waals surface area contributed by atoms with Crippen LogP contribution in [0.25, 0.3) is 0 Å². The van der Waals surface area contributed by atoms with Crippen LogP contribution in [0.2, 0.25) is 0 Å². The number of guanidine groups is 1. The van der Waals surface area contributed by atoms with Crippen molar-refractivity contribution < 1.29 is 9.84 Å². The Morgan fingerprint density at radius 1 is 1.12 bits per heavy atom. The van der Waals surface area contributed by atoms with E-state index in [4.69, 9.17) is 9.73 Å². The molecular formula is C26H47IN4O2. The van der Waals surface area contributed by atoms with Crippen molar-refractivity contribution in [3.63, 3.8) is 0 Å². The first-order valence-corrected chi connectivity index (χ1v) is 12.7. The van der Waals surface area contributed by atoms with Crippen molar-refractivity contribution in [2.45, 2.75) is 71.9 Å². The molecule has 0 amide bonds. The summed E-state index contributed by atoms with van der Waals surface area (Å²) in [5.74, 6) is 0.867. The largest absolute Gasteiger partial charge is 0.396 e. The number of hydrogen-bond donors (Lipinski definition) is 3. The van der Waals surface area contributed by atoms with Gasteiger partial charge in [-0.1, -0.05) is 44.2 Å². The van der Waals surface area contributed by atoms with E-state index >= 15 is 0 Å². The van der Waals surface area contributed by atoms with E-state index in [1.807, 2.05) is 0 Å². The number of benzene rings is 1. The molecule has 0 bridgehead atoms. The molecule has 1 fully saturated rings. The molecule has 0 aromatic heterocycles. The summed E-state index contributed by atoms with van der Waals surface area (Å²) in [6.07, 6.45) is 6.46. The lowest BCUT2D eigenvalue weighted by molar-refractivity contribution is 0.00534. The normalized spacial score (nSPS) is 15.8. The molecule has 2 rings (SSSR count). The molecule has 33 heavy (non-hydrogen) atoms. The van der Waals surface area contributed by atoms with Gasteiger partial charge in [0, 0.05) is 52.5 Å². The predicted octanol–water partition coefficient (Wildman–Crippen LogP) is 4.42. The summed E-state index contributed by atoms with van der Waals surface area (Å²) in [7, 11) is 0. The van der Waals surface area contributed by atoms with Crippen LogP contribution in [0.4, 0.5) is 0 Å². The van der Waals surface area contributed by atoms with Gasteiger partial charge in [0.15, 0.2) is 5.96 Å². The van der Waals surface area contributed by atoms with E-state index in [1.165, 1.54) is 5.56 Å². The second kappa shape index (κ2) is 17.5. The molecule has 7 heteroatoms. The number of ether oxygens (including phenoxy) is 1. The van der Waals surface area contributed by atoms with Gasteiger partial charge in [0.2, 0.25) is 0 Å². The summed E-state index contributed by atoms with van der Waals surface area (Å²) in [5.41, 5.74) is 1.48. The van der Waals surface area contributed by atoms with Crippen molar-refractivity contribution in [2.75, 3.05) is 45.9 Å². The number of aliphatic hydroxyl groups excluding tert-OH is 1. The van der Waals surface area contributed by atoms with Gasteiger partial charge in [0.1, 0.15) is 0 Å². The first-order valence-electron chi connectivity index (χ1n) is 12.7. The van der Waals surface area contributed by atoms with Gasteiger partial charge < -0.3 is 20.5 Å². The average molecular weight is 575 g/mol. The lowest BCUT2D eigenvalue weighted by atomic mass is 9.79. The highest BCUT2D eigenvalue weighted by Gasteiger charge is 2.25. The standard InChI is InChI=1S/C26H46N4O2.HI/c1-4-26(5-2,15-19-31)22-29-25(27-6-3)28-16-10-20-32-24-13-17-30(18-14-24)21-23-11-8-7-9-12-23;/h7-9,11-12,24,31H,4-6,10,13-22H2,1-3H3,(H2,27,28,29);1H. The highest BCUT2D eigenvalue weighted by atomic mass is 127. The molecule has 1 aromatic rings. The van der Waals surface area contributed by atoms with Crippen LogP contribution in [-0.2, 0) is 11.3 Å². The first kappa shape index (κ1) is 30.1. The van der Waals surface area contributed by atoms with E-state index in [0.717, 1.165) is 90.4 Å². The van der Waals surface area contributed by atoms with Crippen molar-refractivity contribution >= 4 is 29.9 Å². The minimum absolute atomic E-state index is 0. The molecule has 1 aromatic carbocycles. The molecule has 6 nitrogen and oxygen atoms in total. The number of nitrogens with one attached hydrogen (secondary N) is 2. The molecule has 1 heterocycles. The Kier molecular flexibility index (Phi) is 16.0. The number of nitrogens with zero attached hydrogens (tertiary/aromatic N) is 2. The van der Waals surface area contributed by atoms with E-state index < -0.39 is 0 Å². The first-order chi connectivity index (χ1) is 15.6. The fourth-order valence-corrected chi connectivity index (χ4v) is 4.34. The SMILES string of the molecule is CCNC(=NCC(CC)(CC)CCO)NCCCOC1CCN(Cc2ccccc2)CC1.I. The summed E-state index contributed by atoms with van der Waals surface area (Å²) in [6.45, 7) is 13.2. The lowest BCUT2D eigenvalue weighted by Crippen LogP contribution is -2.39. The predicted molar refractivity (Wildman–Crippen MR) is 149 cm³/mol. The van der Waals surface area contributed by atoms with E-state index in [2.05, 4.69) is 66.6 Å². The van der Waals surface area contributed by atoms with Gasteiger partial charge in [-0.25, -0.2) is 0 Å². The quantitative estimate of drug-likeness (QED) is 0.133. The molecule has 1 aliphatic heterocycles. The summed E-state index contributed by atoms with van der Waals surface area (Å²) in [4.78, 5) is 7.34. The Morgan fingerprint density at radius 2 is 1.82 bits per heavy atom. The summed E-state index contributed by atoms with van der Waals surface area (Å²) < 4.78 is 6.15. The Balaban J connectivity index is 0.00000544. The Bertz CT molecular complexity index is 632. The topological polar surface area (TPSA) is 69.1 Å². The molecule has 0 saturated carbocycles. The molecule has 3 N–H and O–H groups in total. The van der Waals surface area contributed by atoms with E-state index in [9.17, 15) is 5.11 Å². The van der Waals surface area contributed by atoms with Crippen molar-refractivity contribution in [3.8, 4) is 0 Å². The van der Waals surface area contributed by atoms with Crippen LogP contribution < -0.4 is 10.6 Å². The summed E-state index contributed by atoms with van der Waals surface area (Å²) >= 11 is 0. The van der Waals surface area contributed by atoms with Gasteiger partial charge in [-0.2, -0.15) is 0 Å². The second-order valence-electron chi connectivity index (χ2n) is 8.99. The molecule has 1 saturated heterocycles. The summed E-state index contributed by atoms with van der Waals surface area (Å²) in [5, 5.41) is 16.2. The zero-order chi connectivity index (χ0) is 23.1. The van der Waals surface area contributed by atoms with Crippen LogP contribution in [0.3, 0.4) is 0 Å². The van der Waals surface area contributed by atoms with Crippen LogP contribution in [0.5, 0.6) is 0 Å². The number of aliphatic hydroxyl groups is 1. The molecule has 190 valence electrons. The maximum absolute atomic E-state index is 9.43. The average Bonchev–Trinajstić information content (AvgIpc) is 2.83. The van der Waals surface area contributed by atoms with Gasteiger partial charge in [0.25, 0.3) is 0 Å². The zero-order valence-corrected chi connectivity index (χ0v) is 23.4. The Labute approximate surface area is 219 Å². The van der Waals surface area contributed by atoms with Crippen LogP contribution in [0, 0.1) is 5.41 Å². The molecular weight excluding hydrogens is 527 g/mol. The maximum Gasteiger partial charge on any atom is 0.191 e. The van der Waals surface area contributed by atoms with Crippen molar-refractivity contribution in [1.82, 2.24) is 15.5 Å². The highest BCUT2D eigenvalue weighted by molar-refractivity contribution is 14.0. The van der Waals surface area contributed by atoms with Crippen LogP contribution in [0.1, 0.15) is 64.9 Å². The Hall–Kier alpha value is -0.900. The highest BCUT2D eigenvalue weighted by Crippen LogP contribution is 2.30. The van der Waals surface area contributed by atoms with E-state index in [-0.39, 0.29) is 36.0 Å². The smallest absolute Gasteiger partial charge is 0.191 e. The molecule has 0 unspecified atom stereocenters. The third-order valence-electron chi connectivity index (χ3n) is 6.81. The number of hydrogen-bond acceptors (Lipinski definition) is 4. The lowest BCUT2D eigenvalue weighted by Gasteiger charge is -2.32. The third-order valence-corrected chi connectivity index (χ3v) is 6.81. The molecule has 0 aliphatic carbocycles. The number of aliphatic imine (C=N–C) groups is 1. The number of likely N-dealkylation sites (tertiary alicyclic amines) is 1. The van der Waals surface area contributed by atoms with Crippen molar-refractivity contribution in [1.29, 1.82) is 0 Å². The number of halogens is 1. The van der Waals surface area contributed by atoms with E-state index in [0.29, 0.717) is 6.10 Å². The Morgan fingerprint density at radius 3 is 2.42 bits per heavy atom. The molecule has 0 atom stereocenters. The summed E-state index contributed by atoms with van der Waals surface area (Å²) in [6, 6.07) is 10.7. The van der Waals surface area contributed by atoms with E-state index in [1.54, 1.807) is 0 Å². The van der Waals surface area contributed by atoms with Crippen molar-refractivity contribution in [3.05, 3.63) is 35.9 Å². The van der Waals surface area contributed by atoms with Gasteiger partial charge in [-0.3, -0.25) is 9.89 Å². The van der Waals surface area contributed by atoms with Crippen molar-refractivity contribution in [2.24, 2.45) is 10.4 Å². The molecule has 0 radical (unpaired) electrons. The van der Waals surface area contributed by atoms with Crippen LogP contribution in [0.15, 0.2) is 35.3 Å². The van der Waals surface area contributed by atoms with Gasteiger partial charge >= 0.3 is 0 Å². The fraction of sp³-hybridized carbons (Fsp3) is 0.731. The van der Waals surface area contributed by atoms with Gasteiger partial charge in [0.05, 0.1) is 6.10 Å².